The van der Waals surface area contributed by atoms with Gasteiger partial charge in [-0.15, -0.1) is 0 Å². The van der Waals surface area contributed by atoms with Crippen molar-refractivity contribution in [2.75, 3.05) is 0 Å². The van der Waals surface area contributed by atoms with Gasteiger partial charge in [-0.1, -0.05) is 105 Å². The van der Waals surface area contributed by atoms with E-state index < -0.39 is 0 Å². The Labute approximate surface area is 177 Å². The Bertz CT molecular complexity index is 418. The number of hydrogen-bond acceptors (Lipinski definition) is 0. The fraction of sp³-hybridized carbons (Fsp3) is 0.667. The van der Waals surface area contributed by atoms with Crippen molar-refractivity contribution in [1.29, 1.82) is 0 Å². The molecule has 2 aliphatic carbocycles. The van der Waals surface area contributed by atoms with E-state index in [0.717, 1.165) is 0 Å². The molecule has 0 saturated heterocycles. The molecule has 0 radical (unpaired) electrons. The van der Waals surface area contributed by atoms with Crippen molar-refractivity contribution >= 4 is 0 Å². The van der Waals surface area contributed by atoms with Gasteiger partial charge < -0.3 is 0 Å². The summed E-state index contributed by atoms with van der Waals surface area (Å²) in [7, 11) is 0. The third-order valence-electron chi connectivity index (χ3n) is 4.57. The van der Waals surface area contributed by atoms with Gasteiger partial charge in [0.2, 0.25) is 0 Å². The predicted molar refractivity (Wildman–Crippen MR) is 108 cm³/mol. The first-order chi connectivity index (χ1) is 11.7. The second kappa shape index (κ2) is 16.0. The molecule has 0 amide bonds. The zero-order valence-electron chi connectivity index (χ0n) is 17.1. The van der Waals surface area contributed by atoms with Gasteiger partial charge in [-0.2, -0.15) is 11.1 Å². The predicted octanol–water partition coefficient (Wildman–Crippen LogP) is 8.07. The maximum atomic E-state index is 3.50. The smallest absolute Gasteiger partial charge is 0.250 e. The normalized spacial score (nSPS) is 15.5. The zero-order valence-corrected chi connectivity index (χ0v) is 19.6. The van der Waals surface area contributed by atoms with Gasteiger partial charge in [-0.25, -0.2) is 35.5 Å². The monoisotopic (exact) mass is 416 g/mol. The molecule has 25 heavy (non-hydrogen) atoms. The number of hydrogen-bond donors (Lipinski definition) is 0. The Hall–Kier alpha value is -0.157. The van der Waals surface area contributed by atoms with Crippen LogP contribution in [0.2, 0.25) is 0 Å². The Morgan fingerprint density at radius 2 is 1.04 bits per heavy atom. The first-order valence-corrected chi connectivity index (χ1v) is 10.3. The van der Waals surface area contributed by atoms with E-state index in [0.29, 0.717) is 0 Å². The summed E-state index contributed by atoms with van der Waals surface area (Å²) in [5.41, 5.74) is 5.95. The van der Waals surface area contributed by atoms with Gasteiger partial charge in [0.1, 0.15) is 0 Å². The molecule has 0 bridgehead atoms. The second-order valence-electron chi connectivity index (χ2n) is 7.03. The third-order valence-corrected chi connectivity index (χ3v) is 4.57. The van der Waals surface area contributed by atoms with Crippen molar-refractivity contribution in [2.24, 2.45) is 0 Å². The Balaban J connectivity index is 0.000000443. The number of unbranched alkanes of at least 4 members (excludes halogenated alkanes) is 2. The summed E-state index contributed by atoms with van der Waals surface area (Å²) in [5.74, 6) is 0. The molecule has 0 fully saturated rings. The molecule has 0 spiro atoms. The van der Waals surface area contributed by atoms with Gasteiger partial charge in [0.15, 0.2) is 0 Å². The fourth-order valence-corrected chi connectivity index (χ4v) is 3.15. The van der Waals surface area contributed by atoms with Crippen LogP contribution < -0.4 is 0 Å². The minimum Gasteiger partial charge on any atom is -0.250 e. The summed E-state index contributed by atoms with van der Waals surface area (Å²) < 4.78 is 0. The molecule has 138 valence electrons. The average molecular weight is 418 g/mol. The summed E-state index contributed by atoms with van der Waals surface area (Å²) >= 11 is 0. The number of rotatable bonds is 10. The SMILES string of the molecule is CCCCC1=CCC(CCC)=[C-]1.CCCCC1=CCC(CCC)=[C-]1.[Zr+2]. The van der Waals surface area contributed by atoms with Gasteiger partial charge in [0.05, 0.1) is 0 Å². The third kappa shape index (κ3) is 11.2. The van der Waals surface area contributed by atoms with Crippen molar-refractivity contribution < 1.29 is 26.2 Å². The van der Waals surface area contributed by atoms with Gasteiger partial charge in [0, 0.05) is 0 Å². The summed E-state index contributed by atoms with van der Waals surface area (Å²) in [4.78, 5) is 0. The number of allylic oxidation sites excluding steroid dienone is 8. The van der Waals surface area contributed by atoms with Gasteiger partial charge in [0.25, 0.3) is 0 Å². The molecule has 0 saturated carbocycles. The molecule has 0 aliphatic heterocycles. The molecule has 0 nitrogen and oxygen atoms in total. The van der Waals surface area contributed by atoms with E-state index in [4.69, 9.17) is 0 Å². The molecule has 0 unspecified atom stereocenters. The minimum absolute atomic E-state index is 0. The molecule has 2 aliphatic rings. The molecule has 0 atom stereocenters. The molecule has 1 heteroatoms. The first-order valence-electron chi connectivity index (χ1n) is 10.3. The second-order valence-corrected chi connectivity index (χ2v) is 7.03. The average Bonchev–Trinajstić information content (AvgIpc) is 3.22. The molecular weight excluding hydrogens is 379 g/mol. The van der Waals surface area contributed by atoms with Crippen molar-refractivity contribution in [3.8, 4) is 0 Å². The summed E-state index contributed by atoms with van der Waals surface area (Å²) in [6, 6.07) is 0. The van der Waals surface area contributed by atoms with Crippen LogP contribution in [0.15, 0.2) is 34.4 Å². The van der Waals surface area contributed by atoms with Crippen LogP contribution in [0.5, 0.6) is 0 Å². The van der Waals surface area contributed by atoms with E-state index in [2.05, 4.69) is 52.0 Å². The topological polar surface area (TPSA) is 0 Å². The van der Waals surface area contributed by atoms with Crippen LogP contribution in [0.3, 0.4) is 0 Å². The zero-order chi connectivity index (χ0) is 17.6. The molecule has 0 aromatic heterocycles. The van der Waals surface area contributed by atoms with Crippen LogP contribution in [0.1, 0.15) is 105 Å². The van der Waals surface area contributed by atoms with Gasteiger partial charge in [-0.05, 0) is 0 Å². The molecular formula is C24H38Zr. The van der Waals surface area contributed by atoms with Crippen LogP contribution in [0.25, 0.3) is 0 Å². The fourth-order valence-electron chi connectivity index (χ4n) is 3.15. The van der Waals surface area contributed by atoms with E-state index in [1.807, 2.05) is 0 Å². The van der Waals surface area contributed by atoms with Crippen molar-refractivity contribution in [3.05, 3.63) is 46.6 Å². The van der Waals surface area contributed by atoms with Crippen LogP contribution in [0, 0.1) is 12.2 Å². The summed E-state index contributed by atoms with van der Waals surface area (Å²) in [6.07, 6.45) is 26.8. The summed E-state index contributed by atoms with van der Waals surface area (Å²) in [5, 5.41) is 0. The van der Waals surface area contributed by atoms with Gasteiger partial charge in [-0.3, -0.25) is 0 Å². The van der Waals surface area contributed by atoms with Crippen LogP contribution in [-0.4, -0.2) is 0 Å². The molecule has 0 heterocycles. The Morgan fingerprint density at radius 1 is 0.640 bits per heavy atom. The van der Waals surface area contributed by atoms with Crippen molar-refractivity contribution in [2.45, 2.75) is 105 Å². The van der Waals surface area contributed by atoms with Crippen LogP contribution in [0.4, 0.5) is 0 Å². The van der Waals surface area contributed by atoms with Crippen LogP contribution in [-0.2, 0) is 26.2 Å². The van der Waals surface area contributed by atoms with E-state index >= 15 is 0 Å². The quantitative estimate of drug-likeness (QED) is 0.315. The standard InChI is InChI=1S/2C12H19.Zr/c2*1-3-5-7-12-9-8-11(10-12)6-4-2;/h2*9H,3-8H2,1-2H3;/q2*-1;+2. The maximum absolute atomic E-state index is 3.50. The molecule has 2 rings (SSSR count). The molecule has 0 aromatic carbocycles. The van der Waals surface area contributed by atoms with Crippen molar-refractivity contribution in [3.63, 3.8) is 0 Å². The van der Waals surface area contributed by atoms with E-state index in [-0.39, 0.29) is 26.2 Å². The van der Waals surface area contributed by atoms with Gasteiger partial charge >= 0.3 is 26.2 Å². The summed E-state index contributed by atoms with van der Waals surface area (Å²) in [6.45, 7) is 8.95. The Kier molecular flexibility index (Phi) is 15.9. The van der Waals surface area contributed by atoms with E-state index in [9.17, 15) is 0 Å². The molecule has 0 aromatic rings. The van der Waals surface area contributed by atoms with E-state index in [1.54, 1.807) is 0 Å². The minimum atomic E-state index is 0. The van der Waals surface area contributed by atoms with E-state index in [1.165, 1.54) is 99.3 Å². The first kappa shape index (κ1) is 24.8. The van der Waals surface area contributed by atoms with Crippen molar-refractivity contribution in [1.82, 2.24) is 0 Å². The Morgan fingerprint density at radius 3 is 1.36 bits per heavy atom. The largest absolute Gasteiger partial charge is 2.00 e. The van der Waals surface area contributed by atoms with Crippen LogP contribution >= 0.6 is 0 Å². The maximum Gasteiger partial charge on any atom is 2.00 e. The molecule has 0 N–H and O–H groups in total.